The van der Waals surface area contributed by atoms with Crippen LogP contribution < -0.4 is 9.80 Å². The van der Waals surface area contributed by atoms with Crippen molar-refractivity contribution in [3.63, 3.8) is 0 Å². The molecule has 0 unspecified atom stereocenters. The molecule has 4 rings (SSSR count). The van der Waals surface area contributed by atoms with Gasteiger partial charge >= 0.3 is 0 Å². The van der Waals surface area contributed by atoms with Crippen LogP contribution in [0.5, 0.6) is 0 Å². The van der Waals surface area contributed by atoms with Crippen molar-refractivity contribution < 1.29 is 4.79 Å². The lowest BCUT2D eigenvalue weighted by Crippen LogP contribution is -2.32. The first-order valence-electron chi connectivity index (χ1n) is 10.4. The second-order valence-corrected chi connectivity index (χ2v) is 7.59. The molecule has 0 bridgehead atoms. The van der Waals surface area contributed by atoms with Crippen molar-refractivity contribution >= 4 is 40.8 Å². The third-order valence-corrected chi connectivity index (χ3v) is 5.63. The van der Waals surface area contributed by atoms with Gasteiger partial charge in [-0.05, 0) is 49.8 Å². The zero-order valence-corrected chi connectivity index (χ0v) is 18.4. The van der Waals surface area contributed by atoms with E-state index in [2.05, 4.69) is 30.9 Å². The van der Waals surface area contributed by atoms with Gasteiger partial charge in [0.15, 0.2) is 0 Å². The first-order chi connectivity index (χ1) is 15.1. The summed E-state index contributed by atoms with van der Waals surface area (Å²) < 4.78 is 0. The second kappa shape index (κ2) is 9.19. The summed E-state index contributed by atoms with van der Waals surface area (Å²) in [6, 6.07) is 25.2. The van der Waals surface area contributed by atoms with Crippen LogP contribution in [0.1, 0.15) is 25.0 Å². The molecule has 0 saturated heterocycles. The maximum atomic E-state index is 13.4. The Bertz CT molecular complexity index is 1130. The molecule has 5 heteroatoms. The minimum Gasteiger partial charge on any atom is -0.372 e. The zero-order valence-electron chi connectivity index (χ0n) is 17.6. The number of amides is 1. The van der Waals surface area contributed by atoms with Gasteiger partial charge in [-0.25, -0.2) is 4.99 Å². The van der Waals surface area contributed by atoms with Crippen LogP contribution in [0.15, 0.2) is 89.6 Å². The third-order valence-electron chi connectivity index (χ3n) is 5.31. The number of hydrogen-bond donors (Lipinski definition) is 0. The number of halogens is 1. The molecule has 0 spiro atoms. The number of aliphatic imine (C=N–C) groups is 1. The van der Waals surface area contributed by atoms with Crippen molar-refractivity contribution in [2.45, 2.75) is 13.8 Å². The first kappa shape index (κ1) is 20.9. The average molecular weight is 430 g/mol. The molecule has 0 aromatic heterocycles. The fourth-order valence-electron chi connectivity index (χ4n) is 3.68. The number of nitrogens with zero attached hydrogens (tertiary/aromatic N) is 3. The lowest BCUT2D eigenvalue weighted by Gasteiger charge is -2.21. The van der Waals surface area contributed by atoms with E-state index in [-0.39, 0.29) is 5.91 Å². The van der Waals surface area contributed by atoms with Crippen LogP contribution in [-0.2, 0) is 4.79 Å². The van der Waals surface area contributed by atoms with E-state index in [0.29, 0.717) is 22.2 Å². The molecule has 0 radical (unpaired) electrons. The number of anilines is 2. The fourth-order valence-corrected chi connectivity index (χ4v) is 3.90. The molecule has 156 valence electrons. The third kappa shape index (κ3) is 4.25. The maximum Gasteiger partial charge on any atom is 0.282 e. The molecule has 0 aliphatic carbocycles. The number of para-hydroxylation sites is 1. The van der Waals surface area contributed by atoms with E-state index in [4.69, 9.17) is 16.6 Å². The number of carbonyl (C=O) groups is 1. The highest BCUT2D eigenvalue weighted by atomic mass is 35.5. The molecule has 0 saturated carbocycles. The Morgan fingerprint density at radius 3 is 2.19 bits per heavy atom. The Hall–Kier alpha value is -3.37. The van der Waals surface area contributed by atoms with Crippen molar-refractivity contribution in [3.05, 3.63) is 101 Å². The Kier molecular flexibility index (Phi) is 6.19. The van der Waals surface area contributed by atoms with Crippen molar-refractivity contribution in [1.82, 2.24) is 0 Å². The molecular weight excluding hydrogens is 406 g/mol. The van der Waals surface area contributed by atoms with Gasteiger partial charge in [-0.1, -0.05) is 66.2 Å². The van der Waals surface area contributed by atoms with Crippen molar-refractivity contribution in [2.24, 2.45) is 4.99 Å². The molecule has 0 N–H and O–H groups in total. The van der Waals surface area contributed by atoms with Crippen molar-refractivity contribution in [1.29, 1.82) is 0 Å². The lowest BCUT2D eigenvalue weighted by molar-refractivity contribution is -0.113. The van der Waals surface area contributed by atoms with Gasteiger partial charge < -0.3 is 4.90 Å². The van der Waals surface area contributed by atoms with Crippen LogP contribution in [0, 0.1) is 0 Å². The minimum absolute atomic E-state index is 0.195. The molecule has 1 aliphatic heterocycles. The molecular formula is C26H24ClN3O. The standard InChI is InChI=1S/C26H24ClN3O/c1-3-29(4-2)21-16-14-19(15-17-21)18-23-26(31)30(24-13-9-8-12-22(24)27)25(28-23)20-10-6-5-7-11-20/h5-18H,3-4H2,1-2H3. The number of carbonyl (C=O) groups excluding carboxylic acids is 1. The highest BCUT2D eigenvalue weighted by Gasteiger charge is 2.33. The quantitative estimate of drug-likeness (QED) is 0.449. The van der Waals surface area contributed by atoms with E-state index in [0.717, 1.165) is 29.9 Å². The Labute approximate surface area is 188 Å². The van der Waals surface area contributed by atoms with Crippen molar-refractivity contribution in [2.75, 3.05) is 22.9 Å². The monoisotopic (exact) mass is 429 g/mol. The smallest absolute Gasteiger partial charge is 0.282 e. The minimum atomic E-state index is -0.195. The summed E-state index contributed by atoms with van der Waals surface area (Å²) in [7, 11) is 0. The molecule has 31 heavy (non-hydrogen) atoms. The Morgan fingerprint density at radius 2 is 1.55 bits per heavy atom. The second-order valence-electron chi connectivity index (χ2n) is 7.19. The van der Waals surface area contributed by atoms with Gasteiger partial charge in [0, 0.05) is 24.3 Å². The summed E-state index contributed by atoms with van der Waals surface area (Å²) >= 11 is 6.43. The van der Waals surface area contributed by atoms with Crippen molar-refractivity contribution in [3.8, 4) is 0 Å². The summed E-state index contributed by atoms with van der Waals surface area (Å²) in [6.45, 7) is 6.18. The largest absolute Gasteiger partial charge is 0.372 e. The molecule has 4 nitrogen and oxygen atoms in total. The average Bonchev–Trinajstić information content (AvgIpc) is 3.12. The van der Waals surface area contributed by atoms with E-state index in [1.54, 1.807) is 11.0 Å². The Morgan fingerprint density at radius 1 is 0.903 bits per heavy atom. The predicted molar refractivity (Wildman–Crippen MR) is 130 cm³/mol. The molecule has 3 aromatic carbocycles. The van der Waals surface area contributed by atoms with Gasteiger partial charge in [0.2, 0.25) is 0 Å². The molecule has 1 amide bonds. The first-order valence-corrected chi connectivity index (χ1v) is 10.8. The Balaban J connectivity index is 1.74. The van der Waals surface area contributed by atoms with E-state index in [1.807, 2.05) is 66.7 Å². The molecule has 1 aliphatic rings. The van der Waals surface area contributed by atoms with Crippen LogP contribution in [0.4, 0.5) is 11.4 Å². The SMILES string of the molecule is CCN(CC)c1ccc(C=C2N=C(c3ccccc3)N(c3ccccc3Cl)C2=O)cc1. The topological polar surface area (TPSA) is 35.9 Å². The van der Waals surface area contributed by atoms with Crippen LogP contribution in [0.25, 0.3) is 6.08 Å². The number of amidine groups is 1. The van der Waals surface area contributed by atoms with Gasteiger partial charge in [-0.2, -0.15) is 0 Å². The van der Waals surface area contributed by atoms with Crippen LogP contribution in [0.3, 0.4) is 0 Å². The van der Waals surface area contributed by atoms with Gasteiger partial charge in [0.25, 0.3) is 5.91 Å². The molecule has 0 fully saturated rings. The van der Waals surface area contributed by atoms with Crippen LogP contribution >= 0.6 is 11.6 Å². The summed E-state index contributed by atoms with van der Waals surface area (Å²) in [5.74, 6) is 0.379. The zero-order chi connectivity index (χ0) is 21.8. The van der Waals surface area contributed by atoms with E-state index >= 15 is 0 Å². The fraction of sp³-hybridized carbons (Fsp3) is 0.154. The molecule has 1 heterocycles. The van der Waals surface area contributed by atoms with Crippen LogP contribution in [0.2, 0.25) is 5.02 Å². The summed E-state index contributed by atoms with van der Waals surface area (Å²) in [6.07, 6.45) is 1.83. The van der Waals surface area contributed by atoms with Gasteiger partial charge in [0.1, 0.15) is 11.5 Å². The van der Waals surface area contributed by atoms with Gasteiger partial charge in [-0.3, -0.25) is 9.69 Å². The van der Waals surface area contributed by atoms with E-state index in [1.165, 1.54) is 0 Å². The van der Waals surface area contributed by atoms with Crippen LogP contribution in [-0.4, -0.2) is 24.8 Å². The summed E-state index contributed by atoms with van der Waals surface area (Å²) in [5, 5.41) is 0.504. The number of benzene rings is 3. The molecule has 3 aromatic rings. The predicted octanol–water partition coefficient (Wildman–Crippen LogP) is 6.02. The lowest BCUT2D eigenvalue weighted by atomic mass is 10.1. The number of hydrogen-bond acceptors (Lipinski definition) is 3. The normalized spacial score (nSPS) is 14.8. The highest BCUT2D eigenvalue weighted by molar-refractivity contribution is 6.39. The van der Waals surface area contributed by atoms with Gasteiger partial charge in [0.05, 0.1) is 10.7 Å². The van der Waals surface area contributed by atoms with Gasteiger partial charge in [-0.15, -0.1) is 0 Å². The maximum absolute atomic E-state index is 13.4. The molecule has 0 atom stereocenters. The highest BCUT2D eigenvalue weighted by Crippen LogP contribution is 2.32. The summed E-state index contributed by atoms with van der Waals surface area (Å²) in [5.41, 5.74) is 3.95. The number of rotatable bonds is 6. The van der Waals surface area contributed by atoms with E-state index < -0.39 is 0 Å². The van der Waals surface area contributed by atoms with E-state index in [9.17, 15) is 4.79 Å². The summed E-state index contributed by atoms with van der Waals surface area (Å²) in [4.78, 5) is 22.0.